The number of ether oxygens (including phenoxy) is 1. The molecular formula is C14H23N3O3S. The Labute approximate surface area is 126 Å². The molecule has 1 unspecified atom stereocenters. The largest absolute Gasteiger partial charge is 0.497 e. The van der Waals surface area contributed by atoms with E-state index in [1.54, 1.807) is 7.11 Å². The van der Waals surface area contributed by atoms with Gasteiger partial charge in [-0.3, -0.25) is 0 Å². The molecule has 7 heteroatoms. The van der Waals surface area contributed by atoms with Gasteiger partial charge in [0.05, 0.1) is 7.11 Å². The van der Waals surface area contributed by atoms with E-state index in [4.69, 9.17) is 10.5 Å². The van der Waals surface area contributed by atoms with Crippen molar-refractivity contribution in [1.82, 2.24) is 9.03 Å². The molecule has 0 amide bonds. The number of nitrogens with one attached hydrogen (secondary N) is 1. The van der Waals surface area contributed by atoms with Crippen LogP contribution in [0.1, 0.15) is 18.4 Å². The number of piperidine rings is 1. The molecule has 1 aromatic carbocycles. The molecule has 0 spiro atoms. The average Bonchev–Trinajstić information content (AvgIpc) is 2.53. The topological polar surface area (TPSA) is 84.7 Å². The molecule has 21 heavy (non-hydrogen) atoms. The van der Waals surface area contributed by atoms with Crippen LogP contribution in [0.15, 0.2) is 24.3 Å². The van der Waals surface area contributed by atoms with Crippen molar-refractivity contribution in [3.63, 3.8) is 0 Å². The van der Waals surface area contributed by atoms with Crippen molar-refractivity contribution < 1.29 is 13.2 Å². The quantitative estimate of drug-likeness (QED) is 0.809. The second-order valence-electron chi connectivity index (χ2n) is 5.28. The number of hydrogen-bond acceptors (Lipinski definition) is 4. The first-order valence-corrected chi connectivity index (χ1v) is 8.57. The smallest absolute Gasteiger partial charge is 0.279 e. The fourth-order valence-electron chi connectivity index (χ4n) is 2.45. The minimum absolute atomic E-state index is 0.260. The van der Waals surface area contributed by atoms with E-state index in [9.17, 15) is 8.42 Å². The maximum absolute atomic E-state index is 12.3. The number of methoxy groups -OCH3 is 1. The highest BCUT2D eigenvalue weighted by Gasteiger charge is 2.27. The van der Waals surface area contributed by atoms with Gasteiger partial charge in [0.15, 0.2) is 0 Å². The van der Waals surface area contributed by atoms with Crippen LogP contribution in [-0.4, -0.2) is 39.5 Å². The fraction of sp³-hybridized carbons (Fsp3) is 0.571. The lowest BCUT2D eigenvalue weighted by atomic mass is 10.0. The van der Waals surface area contributed by atoms with E-state index in [0.717, 1.165) is 24.2 Å². The molecule has 6 nitrogen and oxygen atoms in total. The molecule has 1 aliphatic heterocycles. The fourth-order valence-corrected chi connectivity index (χ4v) is 3.75. The molecule has 1 saturated heterocycles. The summed E-state index contributed by atoms with van der Waals surface area (Å²) >= 11 is 0. The van der Waals surface area contributed by atoms with Crippen molar-refractivity contribution in [2.45, 2.75) is 19.4 Å². The summed E-state index contributed by atoms with van der Waals surface area (Å²) in [7, 11) is -1.84. The third kappa shape index (κ3) is 4.41. The summed E-state index contributed by atoms with van der Waals surface area (Å²) in [6.45, 7) is 1.88. The van der Waals surface area contributed by atoms with Gasteiger partial charge in [-0.15, -0.1) is 0 Å². The lowest BCUT2D eigenvalue weighted by Gasteiger charge is -2.31. The van der Waals surface area contributed by atoms with Crippen molar-refractivity contribution in [3.8, 4) is 5.75 Å². The molecule has 0 aromatic heterocycles. The molecule has 3 N–H and O–H groups in total. The molecule has 0 bridgehead atoms. The minimum Gasteiger partial charge on any atom is -0.497 e. The third-order valence-electron chi connectivity index (χ3n) is 3.77. The van der Waals surface area contributed by atoms with Gasteiger partial charge in [-0.1, -0.05) is 12.1 Å². The van der Waals surface area contributed by atoms with Crippen LogP contribution in [0.2, 0.25) is 0 Å². The average molecular weight is 313 g/mol. The molecule has 1 aliphatic rings. The monoisotopic (exact) mass is 313 g/mol. The van der Waals surface area contributed by atoms with Crippen LogP contribution in [0.3, 0.4) is 0 Å². The normalized spacial score (nSPS) is 20.4. The third-order valence-corrected chi connectivity index (χ3v) is 5.29. The Hall–Kier alpha value is -1.15. The van der Waals surface area contributed by atoms with Gasteiger partial charge in [-0.05, 0) is 43.0 Å². The zero-order valence-electron chi connectivity index (χ0n) is 12.3. The number of rotatable bonds is 6. The molecular weight excluding hydrogens is 290 g/mol. The van der Waals surface area contributed by atoms with E-state index in [1.807, 2.05) is 24.3 Å². The molecule has 1 heterocycles. The molecule has 2 rings (SSSR count). The summed E-state index contributed by atoms with van der Waals surface area (Å²) in [6.07, 6.45) is 1.87. The number of nitrogens with zero attached hydrogens (tertiary/aromatic N) is 1. The Kier molecular flexibility index (Phi) is 5.58. The van der Waals surface area contributed by atoms with Crippen LogP contribution in [-0.2, 0) is 16.8 Å². The number of nitrogens with two attached hydrogens (primary N) is 1. The minimum atomic E-state index is -3.44. The highest BCUT2D eigenvalue weighted by molar-refractivity contribution is 7.87. The lowest BCUT2D eigenvalue weighted by Crippen LogP contribution is -2.47. The van der Waals surface area contributed by atoms with Gasteiger partial charge in [0.2, 0.25) is 0 Å². The van der Waals surface area contributed by atoms with E-state index in [-0.39, 0.29) is 12.5 Å². The first kappa shape index (κ1) is 16.2. The van der Waals surface area contributed by atoms with Gasteiger partial charge in [0.1, 0.15) is 5.75 Å². The Bertz CT molecular complexity index is 545. The van der Waals surface area contributed by atoms with Crippen LogP contribution >= 0.6 is 0 Å². The number of benzene rings is 1. The molecule has 1 fully saturated rings. The van der Waals surface area contributed by atoms with E-state index >= 15 is 0 Å². The van der Waals surface area contributed by atoms with Gasteiger partial charge in [-0.25, -0.2) is 0 Å². The molecule has 118 valence electrons. The first-order valence-electron chi connectivity index (χ1n) is 7.13. The standard InChI is InChI=1S/C14H23N3O3S/c1-20-14-6-4-12(5-7-14)10-16-21(18,19)17-8-2-3-13(9-15)11-17/h4-7,13,16H,2-3,8-11,15H2,1H3. The highest BCUT2D eigenvalue weighted by Crippen LogP contribution is 2.18. The molecule has 0 radical (unpaired) electrons. The summed E-state index contributed by atoms with van der Waals surface area (Å²) in [5.74, 6) is 1.01. The SMILES string of the molecule is COc1ccc(CNS(=O)(=O)N2CCCC(CN)C2)cc1. The van der Waals surface area contributed by atoms with Crippen molar-refractivity contribution >= 4 is 10.2 Å². The Morgan fingerprint density at radius 2 is 2.10 bits per heavy atom. The van der Waals surface area contributed by atoms with Gasteiger partial charge in [0, 0.05) is 19.6 Å². The predicted octanol–water partition coefficient (Wildman–Crippen LogP) is 0.700. The van der Waals surface area contributed by atoms with Crippen LogP contribution in [0.4, 0.5) is 0 Å². The van der Waals surface area contributed by atoms with Crippen molar-refractivity contribution in [2.24, 2.45) is 11.7 Å². The van der Waals surface area contributed by atoms with Gasteiger partial charge in [-0.2, -0.15) is 17.4 Å². The van der Waals surface area contributed by atoms with Gasteiger partial charge < -0.3 is 10.5 Å². The summed E-state index contributed by atoms with van der Waals surface area (Å²) < 4.78 is 33.8. The predicted molar refractivity (Wildman–Crippen MR) is 82.1 cm³/mol. The van der Waals surface area contributed by atoms with Crippen molar-refractivity contribution in [3.05, 3.63) is 29.8 Å². The Balaban J connectivity index is 1.93. The van der Waals surface area contributed by atoms with Gasteiger partial charge >= 0.3 is 0 Å². The zero-order chi connectivity index (χ0) is 15.3. The van der Waals surface area contributed by atoms with Crippen LogP contribution in [0.5, 0.6) is 5.75 Å². The second-order valence-corrected chi connectivity index (χ2v) is 7.03. The Morgan fingerprint density at radius 3 is 2.71 bits per heavy atom. The summed E-state index contributed by atoms with van der Waals surface area (Å²) in [5.41, 5.74) is 6.54. The molecule has 0 saturated carbocycles. The lowest BCUT2D eigenvalue weighted by molar-refractivity contribution is 0.268. The maximum Gasteiger partial charge on any atom is 0.279 e. The summed E-state index contributed by atoms with van der Waals surface area (Å²) in [5, 5.41) is 0. The molecule has 0 aliphatic carbocycles. The second kappa shape index (κ2) is 7.22. The first-order chi connectivity index (χ1) is 10.0. The van der Waals surface area contributed by atoms with Crippen molar-refractivity contribution in [2.75, 3.05) is 26.7 Å². The van der Waals surface area contributed by atoms with E-state index in [1.165, 1.54) is 4.31 Å². The maximum atomic E-state index is 12.3. The Morgan fingerprint density at radius 1 is 1.38 bits per heavy atom. The van der Waals surface area contributed by atoms with Crippen LogP contribution in [0, 0.1) is 5.92 Å². The van der Waals surface area contributed by atoms with Crippen molar-refractivity contribution in [1.29, 1.82) is 0 Å². The zero-order valence-corrected chi connectivity index (χ0v) is 13.1. The molecule has 1 atom stereocenters. The summed E-state index contributed by atoms with van der Waals surface area (Å²) in [6, 6.07) is 7.32. The molecule has 1 aromatic rings. The van der Waals surface area contributed by atoms with E-state index in [2.05, 4.69) is 4.72 Å². The van der Waals surface area contributed by atoms with Crippen LogP contribution < -0.4 is 15.2 Å². The van der Waals surface area contributed by atoms with Crippen LogP contribution in [0.25, 0.3) is 0 Å². The summed E-state index contributed by atoms with van der Waals surface area (Å²) in [4.78, 5) is 0. The van der Waals surface area contributed by atoms with Gasteiger partial charge in [0.25, 0.3) is 10.2 Å². The highest BCUT2D eigenvalue weighted by atomic mass is 32.2. The number of hydrogen-bond donors (Lipinski definition) is 2. The van der Waals surface area contributed by atoms with E-state index < -0.39 is 10.2 Å². The van der Waals surface area contributed by atoms with E-state index in [0.29, 0.717) is 19.6 Å².